The molecule has 0 aliphatic heterocycles. The van der Waals surface area contributed by atoms with Gasteiger partial charge in [0.25, 0.3) is 0 Å². The fraction of sp³-hybridized carbons (Fsp3) is 0.467. The second kappa shape index (κ2) is 6.68. The Morgan fingerprint density at radius 3 is 2.50 bits per heavy atom. The summed E-state index contributed by atoms with van der Waals surface area (Å²) >= 11 is 8.34. The monoisotopic (exact) mass is 356 g/mol. The average Bonchev–Trinajstić information content (AvgIpc) is 2.30. The van der Waals surface area contributed by atoms with Gasteiger partial charge < -0.3 is 11.1 Å². The molecular formula is C15H21BrN2OS. The molecule has 1 aromatic carbocycles. The highest BCUT2D eigenvalue weighted by atomic mass is 79.9. The highest BCUT2D eigenvalue weighted by Gasteiger charge is 2.22. The lowest BCUT2D eigenvalue weighted by atomic mass is 9.80. The standard InChI is InChI=1S/C15H21BrN2OS/c1-9(15(2,3)4)7-13(19)18-12-6-5-10(14(17)20)8-11(12)16/h5-6,8-9H,7H2,1-4H3,(H2,17,20)(H,18,19). The van der Waals surface area contributed by atoms with Crippen LogP contribution in [0, 0.1) is 11.3 Å². The number of nitrogens with one attached hydrogen (secondary N) is 1. The number of carbonyl (C=O) groups excluding carboxylic acids is 1. The first kappa shape index (κ1) is 17.1. The predicted octanol–water partition coefficient (Wildman–Crippen LogP) is 4.09. The van der Waals surface area contributed by atoms with Crippen LogP contribution in [0.2, 0.25) is 0 Å². The van der Waals surface area contributed by atoms with E-state index < -0.39 is 0 Å². The molecule has 0 spiro atoms. The maximum Gasteiger partial charge on any atom is 0.224 e. The SMILES string of the molecule is CC(CC(=O)Nc1ccc(C(N)=S)cc1Br)C(C)(C)C. The van der Waals surface area contributed by atoms with Crippen LogP contribution in [0.25, 0.3) is 0 Å². The highest BCUT2D eigenvalue weighted by Crippen LogP contribution is 2.29. The van der Waals surface area contributed by atoms with Gasteiger partial charge in [-0.2, -0.15) is 0 Å². The van der Waals surface area contributed by atoms with Gasteiger partial charge >= 0.3 is 0 Å². The lowest BCUT2D eigenvalue weighted by Gasteiger charge is -2.26. The van der Waals surface area contributed by atoms with Gasteiger partial charge in [-0.15, -0.1) is 0 Å². The van der Waals surface area contributed by atoms with Gasteiger partial charge in [0.1, 0.15) is 4.99 Å². The molecule has 0 heterocycles. The zero-order chi connectivity index (χ0) is 15.5. The van der Waals surface area contributed by atoms with Crippen LogP contribution in [0.1, 0.15) is 39.7 Å². The summed E-state index contributed by atoms with van der Waals surface area (Å²) in [5.41, 5.74) is 7.19. The third-order valence-electron chi connectivity index (χ3n) is 3.50. The molecule has 1 aromatic rings. The Bertz CT molecular complexity index is 523. The van der Waals surface area contributed by atoms with E-state index in [4.69, 9.17) is 18.0 Å². The maximum absolute atomic E-state index is 12.1. The maximum atomic E-state index is 12.1. The van der Waals surface area contributed by atoms with Gasteiger partial charge in [-0.1, -0.05) is 39.9 Å². The Kier molecular flexibility index (Phi) is 5.71. The molecule has 0 bridgehead atoms. The van der Waals surface area contributed by atoms with E-state index in [0.29, 0.717) is 17.3 Å². The Hall–Kier alpha value is -0.940. The minimum absolute atomic E-state index is 0.0104. The van der Waals surface area contributed by atoms with Crippen molar-refractivity contribution < 1.29 is 4.79 Å². The molecule has 110 valence electrons. The Morgan fingerprint density at radius 1 is 1.45 bits per heavy atom. The van der Waals surface area contributed by atoms with Gasteiger partial charge in [0.05, 0.1) is 5.69 Å². The summed E-state index contributed by atoms with van der Waals surface area (Å²) in [6, 6.07) is 5.42. The van der Waals surface area contributed by atoms with Crippen LogP contribution < -0.4 is 11.1 Å². The van der Waals surface area contributed by atoms with Crippen molar-refractivity contribution in [3.05, 3.63) is 28.2 Å². The van der Waals surface area contributed by atoms with Crippen LogP contribution >= 0.6 is 28.1 Å². The number of hydrogen-bond acceptors (Lipinski definition) is 2. The van der Waals surface area contributed by atoms with Crippen LogP contribution in [0.3, 0.4) is 0 Å². The molecule has 0 aliphatic rings. The summed E-state index contributed by atoms with van der Waals surface area (Å²) in [5, 5.41) is 2.91. The van der Waals surface area contributed by atoms with Crippen LogP contribution in [-0.2, 0) is 4.79 Å². The van der Waals surface area contributed by atoms with Crippen molar-refractivity contribution in [1.82, 2.24) is 0 Å². The van der Waals surface area contributed by atoms with Gasteiger partial charge in [-0.3, -0.25) is 4.79 Å². The van der Waals surface area contributed by atoms with Crippen molar-refractivity contribution >= 4 is 44.7 Å². The van der Waals surface area contributed by atoms with Gasteiger partial charge in [-0.05, 0) is 45.5 Å². The number of nitrogens with two attached hydrogens (primary N) is 1. The average molecular weight is 357 g/mol. The van der Waals surface area contributed by atoms with Gasteiger partial charge in [0.2, 0.25) is 5.91 Å². The number of amides is 1. The molecule has 5 heteroatoms. The molecule has 0 fully saturated rings. The molecule has 20 heavy (non-hydrogen) atoms. The molecule has 0 aliphatic carbocycles. The topological polar surface area (TPSA) is 55.1 Å². The van der Waals surface area contributed by atoms with E-state index in [2.05, 4.69) is 48.9 Å². The minimum Gasteiger partial charge on any atom is -0.389 e. The lowest BCUT2D eigenvalue weighted by Crippen LogP contribution is -2.24. The molecule has 3 nitrogen and oxygen atoms in total. The van der Waals surface area contributed by atoms with Crippen molar-refractivity contribution in [2.24, 2.45) is 17.1 Å². The van der Waals surface area contributed by atoms with Gasteiger partial charge in [0.15, 0.2) is 0 Å². The zero-order valence-corrected chi connectivity index (χ0v) is 14.7. The smallest absolute Gasteiger partial charge is 0.224 e. The van der Waals surface area contributed by atoms with Crippen LogP contribution in [0.15, 0.2) is 22.7 Å². The summed E-state index contributed by atoms with van der Waals surface area (Å²) < 4.78 is 0.777. The first-order valence-corrected chi connectivity index (χ1v) is 7.70. The molecule has 0 radical (unpaired) electrons. The second-order valence-electron chi connectivity index (χ2n) is 6.08. The minimum atomic E-state index is 0.0104. The van der Waals surface area contributed by atoms with E-state index in [1.54, 1.807) is 12.1 Å². The number of hydrogen-bond donors (Lipinski definition) is 2. The van der Waals surface area contributed by atoms with E-state index in [1.165, 1.54) is 0 Å². The van der Waals surface area contributed by atoms with E-state index in [0.717, 1.165) is 15.7 Å². The third kappa shape index (κ3) is 4.87. The fourth-order valence-corrected chi connectivity index (χ4v) is 2.16. The first-order chi connectivity index (χ1) is 9.11. The van der Waals surface area contributed by atoms with Crippen molar-refractivity contribution in [2.45, 2.75) is 34.1 Å². The van der Waals surface area contributed by atoms with E-state index in [1.807, 2.05) is 6.07 Å². The molecule has 3 N–H and O–H groups in total. The van der Waals surface area contributed by atoms with Crippen LogP contribution in [0.4, 0.5) is 5.69 Å². The molecular weight excluding hydrogens is 336 g/mol. The van der Waals surface area contributed by atoms with Crippen LogP contribution in [-0.4, -0.2) is 10.9 Å². The molecule has 1 atom stereocenters. The van der Waals surface area contributed by atoms with Crippen molar-refractivity contribution in [2.75, 3.05) is 5.32 Å². The van der Waals surface area contributed by atoms with Crippen molar-refractivity contribution in [3.63, 3.8) is 0 Å². The first-order valence-electron chi connectivity index (χ1n) is 6.50. The molecule has 1 amide bonds. The largest absolute Gasteiger partial charge is 0.389 e. The summed E-state index contributed by atoms with van der Waals surface area (Å²) in [6.07, 6.45) is 0.493. The van der Waals surface area contributed by atoms with Gasteiger partial charge in [-0.25, -0.2) is 0 Å². The molecule has 1 rings (SSSR count). The molecule has 0 saturated carbocycles. The number of anilines is 1. The molecule has 1 unspecified atom stereocenters. The van der Waals surface area contributed by atoms with E-state index in [-0.39, 0.29) is 11.3 Å². The number of carbonyl (C=O) groups is 1. The normalized spacial score (nSPS) is 12.8. The summed E-state index contributed by atoms with van der Waals surface area (Å²) in [5.74, 6) is 0.313. The van der Waals surface area contributed by atoms with E-state index in [9.17, 15) is 4.79 Å². The van der Waals surface area contributed by atoms with Crippen LogP contribution in [0.5, 0.6) is 0 Å². The number of rotatable bonds is 4. The Labute approximate surface area is 134 Å². The second-order valence-corrected chi connectivity index (χ2v) is 7.37. The molecule has 0 saturated heterocycles. The predicted molar refractivity (Wildman–Crippen MR) is 91.9 cm³/mol. The number of benzene rings is 1. The van der Waals surface area contributed by atoms with E-state index >= 15 is 0 Å². The third-order valence-corrected chi connectivity index (χ3v) is 4.39. The van der Waals surface area contributed by atoms with Gasteiger partial charge in [0, 0.05) is 16.5 Å². The van der Waals surface area contributed by atoms with Crippen molar-refractivity contribution in [3.8, 4) is 0 Å². The number of thiocarbonyl (C=S) groups is 1. The summed E-state index contributed by atoms with van der Waals surface area (Å²) in [4.78, 5) is 12.4. The summed E-state index contributed by atoms with van der Waals surface area (Å²) in [7, 11) is 0. The highest BCUT2D eigenvalue weighted by molar-refractivity contribution is 9.10. The quantitative estimate of drug-likeness (QED) is 0.798. The Balaban J connectivity index is 2.74. The Morgan fingerprint density at radius 2 is 2.05 bits per heavy atom. The number of halogens is 1. The van der Waals surface area contributed by atoms with Crippen molar-refractivity contribution in [1.29, 1.82) is 0 Å². The fourth-order valence-electron chi connectivity index (χ4n) is 1.56. The summed E-state index contributed by atoms with van der Waals surface area (Å²) in [6.45, 7) is 8.50. The lowest BCUT2D eigenvalue weighted by molar-refractivity contribution is -0.117. The zero-order valence-electron chi connectivity index (χ0n) is 12.3. The molecule has 0 aromatic heterocycles.